The smallest absolute Gasteiger partial charge is 0.0624 e. The minimum absolute atomic E-state index is 0.00181. The number of nitrogens with zero attached hydrogens (tertiary/aromatic N) is 1. The molecule has 4 heteroatoms. The highest BCUT2D eigenvalue weighted by Crippen LogP contribution is 2.27. The lowest BCUT2D eigenvalue weighted by atomic mass is 9.85. The SMILES string of the molecule is C=CCN(CCO)CC1(C)COCC1N. The van der Waals surface area contributed by atoms with Gasteiger partial charge in [-0.3, -0.25) is 4.90 Å². The lowest BCUT2D eigenvalue weighted by Gasteiger charge is -2.33. The van der Waals surface area contributed by atoms with Crippen LogP contribution in [0, 0.1) is 5.41 Å². The summed E-state index contributed by atoms with van der Waals surface area (Å²) in [5.74, 6) is 0. The Morgan fingerprint density at radius 2 is 2.47 bits per heavy atom. The van der Waals surface area contributed by atoms with Gasteiger partial charge >= 0.3 is 0 Å². The number of nitrogens with two attached hydrogens (primary N) is 1. The monoisotopic (exact) mass is 214 g/mol. The third-order valence-corrected chi connectivity index (χ3v) is 3.01. The van der Waals surface area contributed by atoms with Gasteiger partial charge < -0.3 is 15.6 Å². The molecule has 0 amide bonds. The standard InChI is InChI=1S/C11H22N2O2/c1-3-4-13(5-6-14)8-11(2)9-15-7-10(11)12/h3,10,14H,1,4-9,12H2,2H3. The van der Waals surface area contributed by atoms with Gasteiger partial charge in [0, 0.05) is 31.1 Å². The maximum Gasteiger partial charge on any atom is 0.0624 e. The van der Waals surface area contributed by atoms with Crippen LogP contribution in [0.5, 0.6) is 0 Å². The molecule has 1 heterocycles. The molecule has 1 aliphatic rings. The molecule has 15 heavy (non-hydrogen) atoms. The molecule has 1 aliphatic heterocycles. The maximum absolute atomic E-state index is 8.95. The summed E-state index contributed by atoms with van der Waals surface area (Å²) in [4.78, 5) is 2.15. The van der Waals surface area contributed by atoms with Gasteiger partial charge in [-0.25, -0.2) is 0 Å². The van der Waals surface area contributed by atoms with Gasteiger partial charge in [0.1, 0.15) is 0 Å². The highest BCUT2D eigenvalue weighted by molar-refractivity contribution is 4.93. The molecule has 1 rings (SSSR count). The Kier molecular flexibility index (Phi) is 4.73. The lowest BCUT2D eigenvalue weighted by Crippen LogP contribution is -2.47. The van der Waals surface area contributed by atoms with Gasteiger partial charge in [-0.2, -0.15) is 0 Å². The van der Waals surface area contributed by atoms with Gasteiger partial charge in [-0.15, -0.1) is 6.58 Å². The Morgan fingerprint density at radius 3 is 2.93 bits per heavy atom. The van der Waals surface area contributed by atoms with E-state index in [1.165, 1.54) is 0 Å². The van der Waals surface area contributed by atoms with Crippen LogP contribution >= 0.6 is 0 Å². The van der Waals surface area contributed by atoms with Crippen LogP contribution in [-0.4, -0.2) is 55.5 Å². The number of aliphatic hydroxyl groups is 1. The van der Waals surface area contributed by atoms with Crippen molar-refractivity contribution in [1.29, 1.82) is 0 Å². The van der Waals surface area contributed by atoms with Crippen LogP contribution in [0.25, 0.3) is 0 Å². The zero-order valence-corrected chi connectivity index (χ0v) is 9.48. The van der Waals surface area contributed by atoms with E-state index in [0.29, 0.717) is 19.8 Å². The molecule has 0 aromatic carbocycles. The molecular formula is C11H22N2O2. The fraction of sp³-hybridized carbons (Fsp3) is 0.818. The zero-order valence-electron chi connectivity index (χ0n) is 9.48. The highest BCUT2D eigenvalue weighted by atomic mass is 16.5. The van der Waals surface area contributed by atoms with Crippen LogP contribution < -0.4 is 5.73 Å². The highest BCUT2D eigenvalue weighted by Gasteiger charge is 2.38. The molecule has 0 spiro atoms. The molecule has 4 nitrogen and oxygen atoms in total. The summed E-state index contributed by atoms with van der Waals surface area (Å²) in [6, 6.07) is 0.0866. The minimum Gasteiger partial charge on any atom is -0.395 e. The van der Waals surface area contributed by atoms with Crippen LogP contribution in [0.15, 0.2) is 12.7 Å². The molecule has 0 radical (unpaired) electrons. The number of hydrogen-bond donors (Lipinski definition) is 2. The molecule has 0 saturated carbocycles. The number of rotatable bonds is 6. The molecule has 1 fully saturated rings. The van der Waals surface area contributed by atoms with Crippen LogP contribution in [0.1, 0.15) is 6.92 Å². The normalized spacial score (nSPS) is 31.1. The van der Waals surface area contributed by atoms with Gasteiger partial charge in [0.25, 0.3) is 0 Å². The predicted octanol–water partition coefficient (Wildman–Crippen LogP) is -0.169. The first-order valence-corrected chi connectivity index (χ1v) is 5.40. The summed E-state index contributed by atoms with van der Waals surface area (Å²) < 4.78 is 5.39. The number of hydrogen-bond acceptors (Lipinski definition) is 4. The van der Waals surface area contributed by atoms with Crippen molar-refractivity contribution in [1.82, 2.24) is 4.90 Å². The third kappa shape index (κ3) is 3.28. The van der Waals surface area contributed by atoms with Crippen molar-refractivity contribution in [3.8, 4) is 0 Å². The molecule has 2 atom stereocenters. The Balaban J connectivity index is 2.51. The maximum atomic E-state index is 8.95. The number of aliphatic hydroxyl groups excluding tert-OH is 1. The van der Waals surface area contributed by atoms with E-state index in [0.717, 1.165) is 13.1 Å². The van der Waals surface area contributed by atoms with Gasteiger partial charge in [-0.1, -0.05) is 13.0 Å². The Labute approximate surface area is 91.7 Å². The van der Waals surface area contributed by atoms with Gasteiger partial charge in [0.15, 0.2) is 0 Å². The summed E-state index contributed by atoms with van der Waals surface area (Å²) in [5, 5.41) is 8.95. The average Bonchev–Trinajstić information content (AvgIpc) is 2.48. The molecule has 1 saturated heterocycles. The first kappa shape index (κ1) is 12.6. The minimum atomic E-state index is -0.00181. The Morgan fingerprint density at radius 1 is 1.73 bits per heavy atom. The second-order valence-corrected chi connectivity index (χ2v) is 4.52. The van der Waals surface area contributed by atoms with E-state index in [2.05, 4.69) is 18.4 Å². The van der Waals surface area contributed by atoms with Gasteiger partial charge in [0.05, 0.1) is 19.8 Å². The molecular weight excluding hydrogens is 192 g/mol. The summed E-state index contributed by atoms with van der Waals surface area (Å²) in [7, 11) is 0. The molecule has 0 aliphatic carbocycles. The summed E-state index contributed by atoms with van der Waals surface area (Å²) in [6.45, 7) is 9.64. The fourth-order valence-electron chi connectivity index (χ4n) is 1.96. The van der Waals surface area contributed by atoms with Crippen molar-refractivity contribution in [3.63, 3.8) is 0 Å². The molecule has 0 aromatic rings. The summed E-state index contributed by atoms with van der Waals surface area (Å²) >= 11 is 0. The van der Waals surface area contributed by atoms with E-state index in [9.17, 15) is 0 Å². The van der Waals surface area contributed by atoms with E-state index < -0.39 is 0 Å². The van der Waals surface area contributed by atoms with Crippen molar-refractivity contribution in [3.05, 3.63) is 12.7 Å². The summed E-state index contributed by atoms with van der Waals surface area (Å²) in [5.41, 5.74) is 6.01. The quantitative estimate of drug-likeness (QED) is 0.603. The summed E-state index contributed by atoms with van der Waals surface area (Å²) in [6.07, 6.45) is 1.85. The van der Waals surface area contributed by atoms with E-state index in [1.807, 2.05) is 6.08 Å². The lowest BCUT2D eigenvalue weighted by molar-refractivity contribution is 0.112. The molecule has 88 valence electrons. The largest absolute Gasteiger partial charge is 0.395 e. The Bertz CT molecular complexity index is 211. The predicted molar refractivity (Wildman–Crippen MR) is 60.6 cm³/mol. The average molecular weight is 214 g/mol. The number of ether oxygens (including phenoxy) is 1. The second-order valence-electron chi connectivity index (χ2n) is 4.52. The molecule has 0 aromatic heterocycles. The van der Waals surface area contributed by atoms with Crippen molar-refractivity contribution >= 4 is 0 Å². The van der Waals surface area contributed by atoms with E-state index in [4.69, 9.17) is 15.6 Å². The van der Waals surface area contributed by atoms with Crippen molar-refractivity contribution in [2.45, 2.75) is 13.0 Å². The van der Waals surface area contributed by atoms with E-state index >= 15 is 0 Å². The third-order valence-electron chi connectivity index (χ3n) is 3.01. The molecule has 0 bridgehead atoms. The topological polar surface area (TPSA) is 58.7 Å². The van der Waals surface area contributed by atoms with Gasteiger partial charge in [-0.05, 0) is 0 Å². The van der Waals surface area contributed by atoms with Crippen molar-refractivity contribution < 1.29 is 9.84 Å². The van der Waals surface area contributed by atoms with Crippen molar-refractivity contribution in [2.24, 2.45) is 11.1 Å². The molecule has 2 unspecified atom stereocenters. The van der Waals surface area contributed by atoms with Crippen LogP contribution in [0.2, 0.25) is 0 Å². The fourth-order valence-corrected chi connectivity index (χ4v) is 1.96. The first-order valence-electron chi connectivity index (χ1n) is 5.40. The second kappa shape index (κ2) is 5.61. The van der Waals surface area contributed by atoms with Crippen molar-refractivity contribution in [2.75, 3.05) is 39.5 Å². The van der Waals surface area contributed by atoms with Crippen LogP contribution in [0.3, 0.4) is 0 Å². The van der Waals surface area contributed by atoms with Crippen LogP contribution in [0.4, 0.5) is 0 Å². The van der Waals surface area contributed by atoms with Gasteiger partial charge in [0.2, 0.25) is 0 Å². The molecule has 3 N–H and O–H groups in total. The Hall–Kier alpha value is -0.420. The first-order chi connectivity index (χ1) is 7.12. The zero-order chi connectivity index (χ0) is 11.3. The van der Waals surface area contributed by atoms with Crippen LogP contribution in [-0.2, 0) is 4.74 Å². The van der Waals surface area contributed by atoms with E-state index in [-0.39, 0.29) is 18.1 Å². The van der Waals surface area contributed by atoms with E-state index in [1.54, 1.807) is 0 Å².